The highest BCUT2D eigenvalue weighted by molar-refractivity contribution is 7.32. The number of hydrogen-bond acceptors (Lipinski definition) is 10. The van der Waals surface area contributed by atoms with E-state index in [9.17, 15) is 33.7 Å². The smallest absolute Gasteiger partial charge is 0.453 e. The molecular formula is C34H59N3O11P+. The molecular weight excluding hydrogens is 657 g/mol. The van der Waals surface area contributed by atoms with Crippen LogP contribution in [0.2, 0.25) is 0 Å². The van der Waals surface area contributed by atoms with Gasteiger partial charge in [0.1, 0.15) is 12.2 Å². The van der Waals surface area contributed by atoms with Gasteiger partial charge < -0.3 is 24.6 Å². The van der Waals surface area contributed by atoms with Crippen molar-refractivity contribution in [2.75, 3.05) is 19.8 Å². The van der Waals surface area contributed by atoms with Crippen LogP contribution in [-0.4, -0.2) is 75.6 Å². The molecule has 0 radical (unpaired) electrons. The predicted octanol–water partition coefficient (Wildman–Crippen LogP) is 4.94. The number of ether oxygens (including phenoxy) is 3. The number of aliphatic hydroxyl groups is 1. The molecule has 3 unspecified atom stereocenters. The topological polar surface area (TPSA) is 195 Å². The Kier molecular flexibility index (Phi) is 22.2. The highest BCUT2D eigenvalue weighted by Gasteiger charge is 2.51. The zero-order chi connectivity index (χ0) is 35.9. The van der Waals surface area contributed by atoms with Crippen LogP contribution in [0.3, 0.4) is 0 Å². The van der Waals surface area contributed by atoms with Crippen LogP contribution < -0.4 is 16.6 Å². The molecule has 1 fully saturated rings. The van der Waals surface area contributed by atoms with Crippen molar-refractivity contribution < 1.29 is 42.9 Å². The lowest BCUT2D eigenvalue weighted by Gasteiger charge is -2.22. The number of aliphatic hydroxyl groups excluding tert-OH is 1. The maximum absolute atomic E-state index is 12.4. The van der Waals surface area contributed by atoms with E-state index >= 15 is 0 Å². The van der Waals surface area contributed by atoms with Crippen molar-refractivity contribution in [2.45, 2.75) is 160 Å². The highest BCUT2D eigenvalue weighted by Crippen LogP contribution is 2.37. The van der Waals surface area contributed by atoms with Crippen LogP contribution in [0.15, 0.2) is 21.9 Å². The van der Waals surface area contributed by atoms with Crippen LogP contribution in [0, 0.1) is 0 Å². The maximum Gasteiger partial charge on any atom is 0.695 e. The van der Waals surface area contributed by atoms with E-state index < -0.39 is 56.8 Å². The summed E-state index contributed by atoms with van der Waals surface area (Å²) in [6.45, 7) is 3.88. The fourth-order valence-corrected chi connectivity index (χ4v) is 6.33. The van der Waals surface area contributed by atoms with Crippen molar-refractivity contribution in [3.8, 4) is 0 Å². The molecule has 2 heterocycles. The summed E-state index contributed by atoms with van der Waals surface area (Å²) in [6, 6.07) is 1.13. The van der Waals surface area contributed by atoms with Gasteiger partial charge in [0.05, 0.1) is 6.61 Å². The summed E-state index contributed by atoms with van der Waals surface area (Å²) in [6.07, 6.45) is 15.2. The van der Waals surface area contributed by atoms with E-state index in [-0.39, 0.29) is 18.5 Å². The number of amides is 1. The van der Waals surface area contributed by atoms with Gasteiger partial charge in [-0.2, -0.15) is 0 Å². The monoisotopic (exact) mass is 716 g/mol. The molecule has 2 rings (SSSR count). The van der Waals surface area contributed by atoms with E-state index in [1.54, 1.807) is 6.92 Å². The predicted molar refractivity (Wildman–Crippen MR) is 184 cm³/mol. The third-order valence-corrected chi connectivity index (χ3v) is 9.07. The van der Waals surface area contributed by atoms with Gasteiger partial charge in [0, 0.05) is 36.4 Å². The summed E-state index contributed by atoms with van der Waals surface area (Å²) in [4.78, 5) is 59.8. The van der Waals surface area contributed by atoms with Crippen molar-refractivity contribution in [3.05, 3.63) is 33.1 Å². The van der Waals surface area contributed by atoms with Crippen LogP contribution >= 0.6 is 8.25 Å². The first-order valence-corrected chi connectivity index (χ1v) is 19.3. The lowest BCUT2D eigenvalue weighted by Crippen LogP contribution is -2.40. The van der Waals surface area contributed by atoms with Gasteiger partial charge in [0.25, 0.3) is 11.5 Å². The number of nitrogens with zero attached hydrogens (tertiary/aromatic N) is 1. The number of carbonyl (C=O) groups is 2. The molecule has 280 valence electrons. The Morgan fingerprint density at radius 2 is 1.53 bits per heavy atom. The second-order valence-electron chi connectivity index (χ2n) is 12.7. The van der Waals surface area contributed by atoms with Crippen LogP contribution in [-0.2, 0) is 32.9 Å². The lowest BCUT2D eigenvalue weighted by atomic mass is 10.0. The first-order chi connectivity index (χ1) is 23.7. The molecule has 14 nitrogen and oxygen atoms in total. The van der Waals surface area contributed by atoms with E-state index in [1.165, 1.54) is 70.4 Å². The van der Waals surface area contributed by atoms with Gasteiger partial charge in [-0.1, -0.05) is 96.8 Å². The molecule has 0 aliphatic carbocycles. The molecule has 0 aromatic carbocycles. The first-order valence-electron chi connectivity index (χ1n) is 18.2. The number of aromatic amines is 1. The molecule has 0 bridgehead atoms. The molecule has 49 heavy (non-hydrogen) atoms. The van der Waals surface area contributed by atoms with Crippen LogP contribution in [0.5, 0.6) is 0 Å². The first kappa shape index (κ1) is 42.7. The van der Waals surface area contributed by atoms with Gasteiger partial charge in [-0.3, -0.25) is 23.9 Å². The largest absolute Gasteiger partial charge is 0.695 e. The number of esters is 1. The Bertz CT molecular complexity index is 1210. The quantitative estimate of drug-likeness (QED) is 0.0521. The Labute approximate surface area is 290 Å². The van der Waals surface area contributed by atoms with Gasteiger partial charge in [-0.25, -0.2) is 4.79 Å². The number of rotatable bonds is 28. The summed E-state index contributed by atoms with van der Waals surface area (Å²) < 4.78 is 34.5. The van der Waals surface area contributed by atoms with E-state index in [0.29, 0.717) is 25.8 Å². The summed E-state index contributed by atoms with van der Waals surface area (Å²) in [5, 5.41) is 12.5. The van der Waals surface area contributed by atoms with Crippen LogP contribution in [0.1, 0.15) is 136 Å². The van der Waals surface area contributed by atoms with E-state index in [1.807, 2.05) is 0 Å². The SMILES string of the molecule is CCCCCCCCCCCCCCCC(=O)OC(C)C(=O)NCCCCCCOC1[C@@H](O[P+](=O)O)[C@@H](CO)O[C@H]1n1ccc(=O)[nH]c1=O. The van der Waals surface area contributed by atoms with Gasteiger partial charge in [0.2, 0.25) is 0 Å². The van der Waals surface area contributed by atoms with Crippen molar-refractivity contribution in [3.63, 3.8) is 0 Å². The number of nitrogens with one attached hydrogen (secondary N) is 2. The Morgan fingerprint density at radius 1 is 0.939 bits per heavy atom. The number of unbranched alkanes of at least 4 members (excludes halogenated alkanes) is 15. The van der Waals surface area contributed by atoms with Crippen molar-refractivity contribution in [2.24, 2.45) is 0 Å². The molecule has 1 saturated heterocycles. The maximum atomic E-state index is 12.4. The second kappa shape index (κ2) is 25.5. The van der Waals surface area contributed by atoms with Crippen molar-refractivity contribution in [1.29, 1.82) is 0 Å². The third-order valence-electron chi connectivity index (χ3n) is 8.65. The van der Waals surface area contributed by atoms with Gasteiger partial charge in [-0.15, -0.1) is 9.42 Å². The van der Waals surface area contributed by atoms with Crippen LogP contribution in [0.25, 0.3) is 0 Å². The molecule has 1 aliphatic heterocycles. The molecule has 6 atom stereocenters. The average Bonchev–Trinajstić information content (AvgIpc) is 3.40. The molecule has 4 N–H and O–H groups in total. The molecule has 0 spiro atoms. The lowest BCUT2D eigenvalue weighted by molar-refractivity contribution is -0.154. The number of carbonyl (C=O) groups excluding carboxylic acids is 2. The summed E-state index contributed by atoms with van der Waals surface area (Å²) in [7, 11) is -3.05. The highest BCUT2D eigenvalue weighted by atomic mass is 31.1. The summed E-state index contributed by atoms with van der Waals surface area (Å²) >= 11 is 0. The van der Waals surface area contributed by atoms with Crippen molar-refractivity contribution >= 4 is 20.1 Å². The minimum atomic E-state index is -3.05. The molecule has 0 saturated carbocycles. The number of aromatic nitrogens is 2. The minimum absolute atomic E-state index is 0.196. The van der Waals surface area contributed by atoms with Gasteiger partial charge >= 0.3 is 19.9 Å². The fourth-order valence-electron chi connectivity index (χ4n) is 5.87. The minimum Gasteiger partial charge on any atom is -0.453 e. The van der Waals surface area contributed by atoms with Gasteiger partial charge in [0.15, 0.2) is 18.4 Å². The summed E-state index contributed by atoms with van der Waals surface area (Å²) in [5.41, 5.74) is -1.37. The molecule has 1 aromatic rings. The standard InChI is InChI=1S/C34H58N3O11P/c1-3-4-5-6-7-8-9-10-11-12-13-14-17-20-29(40)46-26(2)32(41)35-22-18-15-16-19-24-45-31-30(48-49(43)44)27(25-38)47-33(31)37-23-21-28(39)36-34(37)42/h21,23,26-27,30-31,33,38H,3-20,22,24-25H2,1-2H3,(H2-,35,36,39,41,42,43,44)/p+1/t26?,27-,30+,31?,33-/m1/s1. The molecule has 1 aliphatic rings. The summed E-state index contributed by atoms with van der Waals surface area (Å²) in [5.74, 6) is -0.687. The molecule has 1 aromatic heterocycles. The van der Waals surface area contributed by atoms with Crippen molar-refractivity contribution in [1.82, 2.24) is 14.9 Å². The van der Waals surface area contributed by atoms with Crippen LogP contribution in [0.4, 0.5) is 0 Å². The zero-order valence-corrected chi connectivity index (χ0v) is 30.2. The third kappa shape index (κ3) is 17.3. The van der Waals surface area contributed by atoms with E-state index in [4.69, 9.17) is 18.7 Å². The number of hydrogen-bond donors (Lipinski definition) is 4. The Morgan fingerprint density at radius 3 is 2.12 bits per heavy atom. The molecule has 15 heteroatoms. The Balaban J connectivity index is 1.56. The molecule has 1 amide bonds. The normalized spacial score (nSPS) is 19.9. The van der Waals surface area contributed by atoms with Gasteiger partial charge in [-0.05, 0) is 26.2 Å². The number of H-pyrrole nitrogens is 1. The average molecular weight is 717 g/mol. The fraction of sp³-hybridized carbons (Fsp3) is 0.824. The Hall–Kier alpha value is -2.48. The van der Waals surface area contributed by atoms with E-state index in [0.717, 1.165) is 42.7 Å². The van der Waals surface area contributed by atoms with E-state index in [2.05, 4.69) is 17.2 Å². The second-order valence-corrected chi connectivity index (χ2v) is 13.4. The zero-order valence-electron chi connectivity index (χ0n) is 29.4.